The molecule has 2 atom stereocenters. The lowest BCUT2D eigenvalue weighted by Gasteiger charge is -2.35. The first kappa shape index (κ1) is 14.8. The van der Waals surface area contributed by atoms with Crippen LogP contribution < -0.4 is 0 Å². The zero-order chi connectivity index (χ0) is 15.1. The molecule has 2 aromatic rings. The lowest BCUT2D eigenvalue weighted by Crippen LogP contribution is -2.48. The molecule has 3 nitrogen and oxygen atoms in total. The van der Waals surface area contributed by atoms with E-state index in [1.54, 1.807) is 17.0 Å². The van der Waals surface area contributed by atoms with Crippen LogP contribution in [0.2, 0.25) is 5.02 Å². The van der Waals surface area contributed by atoms with Crippen molar-refractivity contribution in [2.45, 2.75) is 26.1 Å². The van der Waals surface area contributed by atoms with Gasteiger partial charge in [-0.3, -0.25) is 4.79 Å². The van der Waals surface area contributed by atoms with Gasteiger partial charge >= 0.3 is 0 Å². The van der Waals surface area contributed by atoms with E-state index in [2.05, 4.69) is 0 Å². The lowest BCUT2D eigenvalue weighted by molar-refractivity contribution is -0.0584. The van der Waals surface area contributed by atoms with Crippen molar-refractivity contribution in [1.29, 1.82) is 0 Å². The maximum atomic E-state index is 13.9. The van der Waals surface area contributed by atoms with Gasteiger partial charge in [-0.25, -0.2) is 4.39 Å². The Morgan fingerprint density at radius 2 is 2.05 bits per heavy atom. The largest absolute Gasteiger partial charge is 0.372 e. The molecule has 1 amide bonds. The quantitative estimate of drug-likeness (QED) is 0.794. The Labute approximate surface area is 131 Å². The summed E-state index contributed by atoms with van der Waals surface area (Å²) in [4.78, 5) is 14.8. The topological polar surface area (TPSA) is 29.5 Å². The van der Waals surface area contributed by atoms with Crippen molar-refractivity contribution in [2.75, 3.05) is 13.1 Å². The van der Waals surface area contributed by atoms with Crippen molar-refractivity contribution in [3.8, 4) is 0 Å². The van der Waals surface area contributed by atoms with Crippen LogP contribution in [0.15, 0.2) is 18.2 Å². The minimum Gasteiger partial charge on any atom is -0.372 e. The van der Waals surface area contributed by atoms with Gasteiger partial charge in [-0.05, 0) is 26.0 Å². The number of thiophene rings is 1. The molecular formula is C15H15ClFNO2S. The van der Waals surface area contributed by atoms with E-state index in [-0.39, 0.29) is 23.1 Å². The molecular weight excluding hydrogens is 313 g/mol. The van der Waals surface area contributed by atoms with Crippen LogP contribution in [-0.4, -0.2) is 36.1 Å². The second-order valence-electron chi connectivity index (χ2n) is 5.33. The highest BCUT2D eigenvalue weighted by Gasteiger charge is 2.29. The molecule has 0 aliphatic carbocycles. The molecule has 0 N–H and O–H groups in total. The number of rotatable bonds is 1. The summed E-state index contributed by atoms with van der Waals surface area (Å²) in [6.07, 6.45) is -0.0230. The summed E-state index contributed by atoms with van der Waals surface area (Å²) in [5, 5.41) is 0.548. The van der Waals surface area contributed by atoms with E-state index >= 15 is 0 Å². The van der Waals surface area contributed by atoms with Gasteiger partial charge < -0.3 is 9.64 Å². The normalized spacial score (nSPS) is 22.8. The Morgan fingerprint density at radius 3 is 2.67 bits per heavy atom. The highest BCUT2D eigenvalue weighted by molar-refractivity contribution is 7.21. The number of morpholine rings is 1. The van der Waals surface area contributed by atoms with E-state index in [9.17, 15) is 9.18 Å². The molecule has 6 heteroatoms. The summed E-state index contributed by atoms with van der Waals surface area (Å²) in [6, 6.07) is 4.75. The Bertz CT molecular complexity index is 692. The van der Waals surface area contributed by atoms with Gasteiger partial charge in [-0.15, -0.1) is 11.3 Å². The molecule has 0 bridgehead atoms. The number of benzene rings is 1. The van der Waals surface area contributed by atoms with Gasteiger partial charge in [0.25, 0.3) is 5.91 Å². The van der Waals surface area contributed by atoms with Crippen LogP contribution in [0.5, 0.6) is 0 Å². The predicted molar refractivity (Wildman–Crippen MR) is 82.7 cm³/mol. The molecule has 21 heavy (non-hydrogen) atoms. The number of halogens is 2. The van der Waals surface area contributed by atoms with Crippen molar-refractivity contribution in [1.82, 2.24) is 4.90 Å². The average molecular weight is 328 g/mol. The summed E-state index contributed by atoms with van der Waals surface area (Å²) in [5.74, 6) is -0.542. The molecule has 1 aromatic carbocycles. The zero-order valence-corrected chi connectivity index (χ0v) is 13.3. The first-order valence-electron chi connectivity index (χ1n) is 6.78. The number of nitrogens with zero attached hydrogens (tertiary/aromatic N) is 1. The first-order valence-corrected chi connectivity index (χ1v) is 7.98. The van der Waals surface area contributed by atoms with E-state index in [1.807, 2.05) is 13.8 Å². The van der Waals surface area contributed by atoms with Crippen LogP contribution in [0.25, 0.3) is 10.1 Å². The number of hydrogen-bond donors (Lipinski definition) is 0. The van der Waals surface area contributed by atoms with Gasteiger partial charge in [-0.2, -0.15) is 0 Å². The molecule has 1 fully saturated rings. The lowest BCUT2D eigenvalue weighted by atomic mass is 10.2. The van der Waals surface area contributed by atoms with Gasteiger partial charge in [-0.1, -0.05) is 17.7 Å². The summed E-state index contributed by atoms with van der Waals surface area (Å²) in [7, 11) is 0. The summed E-state index contributed by atoms with van der Waals surface area (Å²) < 4.78 is 20.2. The molecule has 1 saturated heterocycles. The Kier molecular flexibility index (Phi) is 3.90. The van der Waals surface area contributed by atoms with Crippen LogP contribution in [0, 0.1) is 5.82 Å². The van der Waals surface area contributed by atoms with Gasteiger partial charge in [0, 0.05) is 23.2 Å². The maximum absolute atomic E-state index is 13.9. The highest BCUT2D eigenvalue weighted by atomic mass is 35.5. The smallest absolute Gasteiger partial charge is 0.265 e. The summed E-state index contributed by atoms with van der Waals surface area (Å²) >= 11 is 7.48. The van der Waals surface area contributed by atoms with Crippen LogP contribution in [0.4, 0.5) is 4.39 Å². The monoisotopic (exact) mass is 327 g/mol. The molecule has 3 rings (SSSR count). The number of hydrogen-bond acceptors (Lipinski definition) is 3. The molecule has 0 radical (unpaired) electrons. The molecule has 1 aliphatic heterocycles. The van der Waals surface area contributed by atoms with E-state index in [0.29, 0.717) is 28.1 Å². The van der Waals surface area contributed by atoms with Crippen LogP contribution in [0.3, 0.4) is 0 Å². The standard InChI is InChI=1S/C15H15ClFNO2S/c1-8-6-18(7-9(2)20-8)15(19)14-13(16)12-10(17)4-3-5-11(12)21-14/h3-5,8-9H,6-7H2,1-2H3/t8-,9+. The molecule has 1 aliphatic rings. The van der Waals surface area contributed by atoms with Crippen molar-refractivity contribution in [3.63, 3.8) is 0 Å². The number of carbonyl (C=O) groups excluding carboxylic acids is 1. The fourth-order valence-corrected chi connectivity index (χ4v) is 4.22. The summed E-state index contributed by atoms with van der Waals surface area (Å²) in [6.45, 7) is 4.91. The number of ether oxygens (including phenoxy) is 1. The maximum Gasteiger partial charge on any atom is 0.265 e. The average Bonchev–Trinajstić information content (AvgIpc) is 2.75. The summed E-state index contributed by atoms with van der Waals surface area (Å²) in [5.41, 5.74) is 0. The fourth-order valence-electron chi connectivity index (χ4n) is 2.70. The Hall–Kier alpha value is -1.17. The second kappa shape index (κ2) is 5.55. The minimum absolute atomic E-state index is 0.0115. The first-order chi connectivity index (χ1) is 9.97. The second-order valence-corrected chi connectivity index (χ2v) is 6.76. The van der Waals surface area contributed by atoms with E-state index in [0.717, 1.165) is 0 Å². The van der Waals surface area contributed by atoms with Crippen molar-refractivity contribution in [2.24, 2.45) is 0 Å². The van der Waals surface area contributed by atoms with Crippen LogP contribution in [-0.2, 0) is 4.74 Å². The molecule has 2 heterocycles. The SMILES string of the molecule is C[C@@H]1CN(C(=O)c2sc3cccc(F)c3c2Cl)C[C@H](C)O1. The third-order valence-corrected chi connectivity index (χ3v) is 5.14. The molecule has 1 aromatic heterocycles. The minimum atomic E-state index is -0.392. The number of carbonyl (C=O) groups is 1. The predicted octanol–water partition coefficient (Wildman–Crippen LogP) is 3.94. The molecule has 112 valence electrons. The van der Waals surface area contributed by atoms with Crippen LogP contribution >= 0.6 is 22.9 Å². The van der Waals surface area contributed by atoms with Gasteiger partial charge in [0.15, 0.2) is 0 Å². The van der Waals surface area contributed by atoms with Crippen LogP contribution in [0.1, 0.15) is 23.5 Å². The van der Waals surface area contributed by atoms with E-state index in [4.69, 9.17) is 16.3 Å². The van der Waals surface area contributed by atoms with E-state index < -0.39 is 5.82 Å². The van der Waals surface area contributed by atoms with Crippen molar-refractivity contribution >= 4 is 38.9 Å². The third-order valence-electron chi connectivity index (χ3n) is 3.51. The fraction of sp³-hybridized carbons (Fsp3) is 0.400. The van der Waals surface area contributed by atoms with Crippen molar-refractivity contribution in [3.05, 3.63) is 33.9 Å². The number of amides is 1. The molecule has 0 spiro atoms. The zero-order valence-electron chi connectivity index (χ0n) is 11.7. The Morgan fingerprint density at radius 1 is 1.38 bits per heavy atom. The number of fused-ring (bicyclic) bond motifs is 1. The highest BCUT2D eigenvalue weighted by Crippen LogP contribution is 2.37. The third kappa shape index (κ3) is 2.65. The van der Waals surface area contributed by atoms with E-state index in [1.165, 1.54) is 17.4 Å². The van der Waals surface area contributed by atoms with Gasteiger partial charge in [0.05, 0.1) is 17.2 Å². The van der Waals surface area contributed by atoms with Gasteiger partial charge in [0.1, 0.15) is 10.7 Å². The molecule has 0 unspecified atom stereocenters. The van der Waals surface area contributed by atoms with Crippen molar-refractivity contribution < 1.29 is 13.9 Å². The Balaban J connectivity index is 1.98. The van der Waals surface area contributed by atoms with Gasteiger partial charge in [0.2, 0.25) is 0 Å². The molecule has 0 saturated carbocycles.